The minimum absolute atomic E-state index is 0.124. The van der Waals surface area contributed by atoms with Gasteiger partial charge < -0.3 is 9.32 Å². The maximum Gasteiger partial charge on any atom is 0.223 e. The van der Waals surface area contributed by atoms with Crippen LogP contribution in [0.4, 0.5) is 0 Å². The van der Waals surface area contributed by atoms with Gasteiger partial charge in [-0.1, -0.05) is 28.1 Å². The van der Waals surface area contributed by atoms with Crippen LogP contribution in [0.2, 0.25) is 0 Å². The molecule has 0 aliphatic carbocycles. The topological polar surface area (TPSA) is 33.5 Å². The number of aryl methyl sites for hydroxylation is 1. The van der Waals surface area contributed by atoms with E-state index in [9.17, 15) is 4.79 Å². The quantitative estimate of drug-likeness (QED) is 0.842. The second-order valence-corrected chi connectivity index (χ2v) is 5.37. The van der Waals surface area contributed by atoms with Crippen LogP contribution in [0.25, 0.3) is 0 Å². The van der Waals surface area contributed by atoms with Crippen molar-refractivity contribution in [1.82, 2.24) is 4.90 Å². The van der Waals surface area contributed by atoms with Crippen LogP contribution >= 0.6 is 15.9 Å². The number of nitrogens with zero attached hydrogens (tertiary/aromatic N) is 1. The number of furan rings is 1. The van der Waals surface area contributed by atoms with Crippen LogP contribution in [-0.4, -0.2) is 17.9 Å². The normalized spacial score (nSPS) is 10.4. The second-order valence-electron chi connectivity index (χ2n) is 4.46. The number of halogens is 1. The first-order valence-corrected chi connectivity index (χ1v) is 6.95. The lowest BCUT2D eigenvalue weighted by atomic mass is 10.2. The third kappa shape index (κ3) is 4.24. The van der Waals surface area contributed by atoms with Crippen LogP contribution in [0.15, 0.2) is 51.6 Å². The summed E-state index contributed by atoms with van der Waals surface area (Å²) in [5.74, 6) is 0.977. The predicted octanol–water partition coefficient (Wildman–Crippen LogP) is 3.63. The van der Waals surface area contributed by atoms with E-state index in [1.807, 2.05) is 43.4 Å². The largest absolute Gasteiger partial charge is 0.469 e. The van der Waals surface area contributed by atoms with E-state index in [-0.39, 0.29) is 5.91 Å². The van der Waals surface area contributed by atoms with Gasteiger partial charge in [0.05, 0.1) is 6.26 Å². The Bertz CT molecular complexity index is 520. The molecule has 4 heteroatoms. The molecule has 0 radical (unpaired) electrons. The fraction of sp³-hybridized carbons (Fsp3) is 0.267. The van der Waals surface area contributed by atoms with Gasteiger partial charge in [0.1, 0.15) is 5.76 Å². The number of rotatable bonds is 5. The Balaban J connectivity index is 1.83. The summed E-state index contributed by atoms with van der Waals surface area (Å²) in [7, 11) is 1.83. The van der Waals surface area contributed by atoms with Crippen molar-refractivity contribution in [2.24, 2.45) is 0 Å². The zero-order chi connectivity index (χ0) is 13.7. The fourth-order valence-electron chi connectivity index (χ4n) is 1.83. The lowest BCUT2D eigenvalue weighted by molar-refractivity contribution is -0.130. The predicted molar refractivity (Wildman–Crippen MR) is 77.6 cm³/mol. The van der Waals surface area contributed by atoms with E-state index >= 15 is 0 Å². The third-order valence-corrected chi connectivity index (χ3v) is 3.45. The highest BCUT2D eigenvalue weighted by atomic mass is 79.9. The van der Waals surface area contributed by atoms with Gasteiger partial charge in [-0.05, 0) is 29.8 Å². The Morgan fingerprint density at radius 2 is 2.00 bits per heavy atom. The first kappa shape index (κ1) is 13.9. The van der Waals surface area contributed by atoms with E-state index < -0.39 is 0 Å². The Hall–Kier alpha value is -1.55. The van der Waals surface area contributed by atoms with Gasteiger partial charge in [0.25, 0.3) is 0 Å². The molecule has 1 amide bonds. The molecule has 1 heterocycles. The van der Waals surface area contributed by atoms with Gasteiger partial charge in [-0.15, -0.1) is 0 Å². The maximum atomic E-state index is 12.0. The summed E-state index contributed by atoms with van der Waals surface area (Å²) in [4.78, 5) is 13.7. The monoisotopic (exact) mass is 321 g/mol. The number of hydrogen-bond donors (Lipinski definition) is 0. The van der Waals surface area contributed by atoms with Crippen molar-refractivity contribution in [3.63, 3.8) is 0 Å². The molecule has 0 N–H and O–H groups in total. The summed E-state index contributed by atoms with van der Waals surface area (Å²) in [6, 6.07) is 11.7. The van der Waals surface area contributed by atoms with Crippen LogP contribution in [0.5, 0.6) is 0 Å². The molecule has 0 saturated carbocycles. The molecule has 1 aromatic heterocycles. The van der Waals surface area contributed by atoms with Gasteiger partial charge in [0, 0.05) is 30.9 Å². The molecule has 0 unspecified atom stereocenters. The molecular weight excluding hydrogens is 306 g/mol. The molecule has 0 spiro atoms. The SMILES string of the molecule is CN(Cc1ccc(Br)cc1)C(=O)CCc1ccco1. The molecule has 19 heavy (non-hydrogen) atoms. The van der Waals surface area contributed by atoms with E-state index in [0.717, 1.165) is 15.8 Å². The average Bonchev–Trinajstić information content (AvgIpc) is 2.91. The molecule has 0 bridgehead atoms. The Morgan fingerprint density at radius 1 is 1.26 bits per heavy atom. The third-order valence-electron chi connectivity index (χ3n) is 2.92. The molecule has 2 rings (SSSR count). The minimum atomic E-state index is 0.124. The van der Waals surface area contributed by atoms with Gasteiger partial charge in [0.2, 0.25) is 5.91 Å². The van der Waals surface area contributed by atoms with E-state index in [1.54, 1.807) is 11.2 Å². The van der Waals surface area contributed by atoms with Gasteiger partial charge in [0.15, 0.2) is 0 Å². The Labute approximate surface area is 121 Å². The molecule has 100 valence electrons. The number of benzene rings is 1. The van der Waals surface area contributed by atoms with E-state index in [4.69, 9.17) is 4.42 Å². The van der Waals surface area contributed by atoms with Crippen molar-refractivity contribution in [2.75, 3.05) is 7.05 Å². The molecule has 0 saturated heterocycles. The fourth-order valence-corrected chi connectivity index (χ4v) is 2.09. The lowest BCUT2D eigenvalue weighted by Crippen LogP contribution is -2.26. The van der Waals surface area contributed by atoms with Crippen molar-refractivity contribution in [3.8, 4) is 0 Å². The molecule has 0 aliphatic heterocycles. The highest BCUT2D eigenvalue weighted by Gasteiger charge is 2.10. The number of amides is 1. The summed E-state index contributed by atoms with van der Waals surface area (Å²) < 4.78 is 6.26. The van der Waals surface area contributed by atoms with Crippen molar-refractivity contribution < 1.29 is 9.21 Å². The van der Waals surface area contributed by atoms with Crippen molar-refractivity contribution in [2.45, 2.75) is 19.4 Å². The zero-order valence-electron chi connectivity index (χ0n) is 10.8. The average molecular weight is 322 g/mol. The summed E-state index contributed by atoms with van der Waals surface area (Å²) in [5.41, 5.74) is 1.12. The molecule has 0 aliphatic rings. The maximum absolute atomic E-state index is 12.0. The molecule has 2 aromatic rings. The molecule has 3 nitrogen and oxygen atoms in total. The first-order chi connectivity index (χ1) is 9.15. The summed E-state index contributed by atoms with van der Waals surface area (Å²) >= 11 is 3.40. The van der Waals surface area contributed by atoms with Crippen molar-refractivity contribution in [3.05, 3.63) is 58.5 Å². The van der Waals surface area contributed by atoms with Crippen molar-refractivity contribution in [1.29, 1.82) is 0 Å². The molecule has 0 fully saturated rings. The van der Waals surface area contributed by atoms with E-state index in [0.29, 0.717) is 19.4 Å². The highest BCUT2D eigenvalue weighted by molar-refractivity contribution is 9.10. The lowest BCUT2D eigenvalue weighted by Gasteiger charge is -2.17. The van der Waals surface area contributed by atoms with Gasteiger partial charge in [-0.25, -0.2) is 0 Å². The molecule has 1 aromatic carbocycles. The standard InChI is InChI=1S/C15H16BrNO2/c1-17(11-12-4-6-13(16)7-5-12)15(18)9-8-14-3-2-10-19-14/h2-7,10H,8-9,11H2,1H3. The Morgan fingerprint density at radius 3 is 2.63 bits per heavy atom. The Kier molecular flexibility index (Phi) is 4.80. The second kappa shape index (κ2) is 6.57. The van der Waals surface area contributed by atoms with Crippen LogP contribution < -0.4 is 0 Å². The van der Waals surface area contributed by atoms with Crippen molar-refractivity contribution >= 4 is 21.8 Å². The highest BCUT2D eigenvalue weighted by Crippen LogP contribution is 2.12. The summed E-state index contributed by atoms with van der Waals surface area (Å²) in [5, 5.41) is 0. The van der Waals surface area contributed by atoms with Gasteiger partial charge in [-0.2, -0.15) is 0 Å². The summed E-state index contributed by atoms with van der Waals surface area (Å²) in [6.45, 7) is 0.629. The zero-order valence-corrected chi connectivity index (χ0v) is 12.4. The van der Waals surface area contributed by atoms with Crippen LogP contribution in [0.3, 0.4) is 0 Å². The van der Waals surface area contributed by atoms with E-state index in [2.05, 4.69) is 15.9 Å². The number of carbonyl (C=O) groups excluding carboxylic acids is 1. The number of hydrogen-bond acceptors (Lipinski definition) is 2. The number of carbonyl (C=O) groups is 1. The van der Waals surface area contributed by atoms with Gasteiger partial charge >= 0.3 is 0 Å². The van der Waals surface area contributed by atoms with Crippen LogP contribution in [-0.2, 0) is 17.8 Å². The first-order valence-electron chi connectivity index (χ1n) is 6.16. The van der Waals surface area contributed by atoms with Crippen LogP contribution in [0.1, 0.15) is 17.7 Å². The van der Waals surface area contributed by atoms with E-state index in [1.165, 1.54) is 0 Å². The molecular formula is C15H16BrNO2. The minimum Gasteiger partial charge on any atom is -0.469 e. The smallest absolute Gasteiger partial charge is 0.223 e. The summed E-state index contributed by atoms with van der Waals surface area (Å²) in [6.07, 6.45) is 2.75. The van der Waals surface area contributed by atoms with Gasteiger partial charge in [-0.3, -0.25) is 4.79 Å². The molecule has 0 atom stereocenters. The van der Waals surface area contributed by atoms with Crippen LogP contribution in [0, 0.1) is 0 Å².